The van der Waals surface area contributed by atoms with Gasteiger partial charge in [-0.05, 0) is 70.3 Å². The van der Waals surface area contributed by atoms with Crippen LogP contribution in [0.5, 0.6) is 0 Å². The largest absolute Gasteiger partial charge is 0.439 e. The zero-order valence-corrected chi connectivity index (χ0v) is 24.0. The first-order chi connectivity index (χ1) is 19.1. The van der Waals surface area contributed by atoms with Gasteiger partial charge in [0.15, 0.2) is 0 Å². The Hall–Kier alpha value is -3.18. The minimum atomic E-state index is -0.636. The Morgan fingerprint density at radius 1 is 0.872 bits per heavy atom. The maximum atomic E-state index is 13.1. The molecule has 1 aromatic rings. The fourth-order valence-electron chi connectivity index (χ4n) is 4.32. The summed E-state index contributed by atoms with van der Waals surface area (Å²) >= 11 is 0. The zero-order chi connectivity index (χ0) is 28.1. The second-order valence-corrected chi connectivity index (χ2v) is 9.64. The quantitative estimate of drug-likeness (QED) is 0.140. The van der Waals surface area contributed by atoms with Gasteiger partial charge in [-0.2, -0.15) is 0 Å². The third kappa shape index (κ3) is 12.0. The molecule has 3 atom stereocenters. The minimum Gasteiger partial charge on any atom is -0.439 e. The Balaban J connectivity index is 1.57. The van der Waals surface area contributed by atoms with Gasteiger partial charge in [0.2, 0.25) is 0 Å². The van der Waals surface area contributed by atoms with Gasteiger partial charge in [-0.3, -0.25) is 4.79 Å². The highest BCUT2D eigenvalue weighted by Crippen LogP contribution is 2.33. The van der Waals surface area contributed by atoms with E-state index in [1.54, 1.807) is 0 Å². The van der Waals surface area contributed by atoms with Crippen LogP contribution in [0, 0.1) is 0 Å². The van der Waals surface area contributed by atoms with Crippen molar-refractivity contribution in [2.45, 2.75) is 96.8 Å². The van der Waals surface area contributed by atoms with Gasteiger partial charge < -0.3 is 9.47 Å². The van der Waals surface area contributed by atoms with E-state index in [0.29, 0.717) is 13.0 Å². The van der Waals surface area contributed by atoms with E-state index in [1.165, 1.54) is 4.90 Å². The average molecular weight is 534 g/mol. The molecule has 2 rings (SSSR count). The highest BCUT2D eigenvalue weighted by atomic mass is 16.6. The normalized spacial score (nSPS) is 18.9. The number of nitrogens with zero attached hydrogens (tertiary/aromatic N) is 1. The summed E-state index contributed by atoms with van der Waals surface area (Å²) in [6.45, 7) is 6.39. The Kier molecular flexibility index (Phi) is 16.3. The number of unbranched alkanes of at least 4 members (excludes halogenated alkanes) is 2. The van der Waals surface area contributed by atoms with Crippen LogP contribution in [0.1, 0.15) is 90.2 Å². The number of rotatable bonds is 18. The number of ether oxygens (including phenoxy) is 2. The summed E-state index contributed by atoms with van der Waals surface area (Å²) in [4.78, 5) is 26.8. The lowest BCUT2D eigenvalue weighted by atomic mass is 10.0. The molecule has 0 aliphatic carbocycles. The molecule has 1 aliphatic heterocycles. The van der Waals surface area contributed by atoms with E-state index in [0.717, 1.165) is 56.9 Å². The van der Waals surface area contributed by atoms with Crippen LogP contribution in [0.2, 0.25) is 0 Å². The second-order valence-electron chi connectivity index (χ2n) is 9.64. The average Bonchev–Trinajstić information content (AvgIpc) is 3.25. The molecule has 0 aromatic heterocycles. The molecule has 1 aromatic carbocycles. The third-order valence-electron chi connectivity index (χ3n) is 6.52. The molecule has 1 heterocycles. The molecule has 0 bridgehead atoms. The first kappa shape index (κ1) is 32.0. The summed E-state index contributed by atoms with van der Waals surface area (Å²) < 4.78 is 11.4. The van der Waals surface area contributed by atoms with Gasteiger partial charge in [0, 0.05) is 6.61 Å². The van der Waals surface area contributed by atoms with Gasteiger partial charge in [-0.1, -0.05) is 105 Å². The van der Waals surface area contributed by atoms with Crippen molar-refractivity contribution >= 4 is 12.0 Å². The molecule has 1 saturated heterocycles. The number of cyclic esters (lactones) is 1. The lowest BCUT2D eigenvalue weighted by molar-refractivity contribution is -0.141. The number of carbonyl (C=O) groups excluding carboxylic acids is 2. The van der Waals surface area contributed by atoms with E-state index in [-0.39, 0.29) is 11.9 Å². The zero-order valence-electron chi connectivity index (χ0n) is 24.0. The lowest BCUT2D eigenvalue weighted by Crippen LogP contribution is -2.44. The minimum absolute atomic E-state index is 0.314. The van der Waals surface area contributed by atoms with Gasteiger partial charge in [-0.15, -0.1) is 0 Å². The predicted molar refractivity (Wildman–Crippen MR) is 160 cm³/mol. The summed E-state index contributed by atoms with van der Waals surface area (Å²) in [6.07, 6.45) is 28.7. The summed E-state index contributed by atoms with van der Waals surface area (Å²) in [5.74, 6) is -0.314. The molecule has 1 unspecified atom stereocenters. The maximum absolute atomic E-state index is 13.1. The number of allylic oxidation sites excluding steroid dienone is 10. The van der Waals surface area contributed by atoms with Crippen molar-refractivity contribution in [3.05, 3.63) is 96.7 Å². The highest BCUT2D eigenvalue weighted by Gasteiger charge is 2.45. The van der Waals surface area contributed by atoms with Crippen molar-refractivity contribution < 1.29 is 19.1 Å². The van der Waals surface area contributed by atoms with Gasteiger partial charge in [-0.25, -0.2) is 9.69 Å². The van der Waals surface area contributed by atoms with Crippen molar-refractivity contribution in [2.24, 2.45) is 0 Å². The van der Waals surface area contributed by atoms with Crippen LogP contribution in [0.4, 0.5) is 4.79 Å². The van der Waals surface area contributed by atoms with E-state index >= 15 is 0 Å². The Morgan fingerprint density at radius 3 is 2.00 bits per heavy atom. The van der Waals surface area contributed by atoms with Crippen molar-refractivity contribution in [3.63, 3.8) is 0 Å². The molecule has 2 amide bonds. The second kappa shape index (κ2) is 19.8. The molecule has 1 aliphatic rings. The van der Waals surface area contributed by atoms with Gasteiger partial charge in [0.25, 0.3) is 5.91 Å². The molecule has 39 heavy (non-hydrogen) atoms. The number of imide groups is 1. The number of amides is 2. The lowest BCUT2D eigenvalue weighted by Gasteiger charge is -2.24. The van der Waals surface area contributed by atoms with Crippen LogP contribution < -0.4 is 0 Å². The summed E-state index contributed by atoms with van der Waals surface area (Å²) in [7, 11) is 0. The molecule has 212 valence electrons. The molecule has 5 nitrogen and oxygen atoms in total. The van der Waals surface area contributed by atoms with Crippen molar-refractivity contribution in [2.75, 3.05) is 6.61 Å². The van der Waals surface area contributed by atoms with E-state index in [4.69, 9.17) is 9.47 Å². The molecular formula is C34H47NO4. The molecule has 0 N–H and O–H groups in total. The molecule has 0 radical (unpaired) electrons. The topological polar surface area (TPSA) is 55.8 Å². The molecular weight excluding hydrogens is 486 g/mol. The number of hydrogen-bond donors (Lipinski definition) is 0. The Labute approximate surface area is 236 Å². The van der Waals surface area contributed by atoms with E-state index in [2.05, 4.69) is 67.7 Å². The number of carbonyl (C=O) groups is 2. The third-order valence-corrected chi connectivity index (χ3v) is 6.52. The first-order valence-electron chi connectivity index (χ1n) is 14.5. The van der Waals surface area contributed by atoms with Gasteiger partial charge >= 0.3 is 6.09 Å². The van der Waals surface area contributed by atoms with Crippen LogP contribution in [-0.2, 0) is 14.3 Å². The SMILES string of the molecule is CCC=CCC=CCC=CCC=CCC=CCCCCOC(CC)C(=O)N1C(=O)O[C@H](c2ccccc2)[C@@H]1C. The smallest absolute Gasteiger partial charge is 0.417 e. The van der Waals surface area contributed by atoms with E-state index < -0.39 is 18.3 Å². The first-order valence-corrected chi connectivity index (χ1v) is 14.5. The van der Waals surface area contributed by atoms with Crippen molar-refractivity contribution in [1.29, 1.82) is 0 Å². The van der Waals surface area contributed by atoms with Crippen LogP contribution in [0.15, 0.2) is 91.1 Å². The predicted octanol–water partition coefficient (Wildman–Crippen LogP) is 8.81. The molecule has 5 heteroatoms. The summed E-state index contributed by atoms with van der Waals surface area (Å²) in [5.41, 5.74) is 0.887. The van der Waals surface area contributed by atoms with E-state index in [9.17, 15) is 9.59 Å². The van der Waals surface area contributed by atoms with Crippen LogP contribution in [0.3, 0.4) is 0 Å². The summed E-state index contributed by atoms with van der Waals surface area (Å²) in [5, 5.41) is 0. The number of hydrogen-bond acceptors (Lipinski definition) is 4. The Morgan fingerprint density at radius 2 is 1.44 bits per heavy atom. The van der Waals surface area contributed by atoms with Crippen molar-refractivity contribution in [1.82, 2.24) is 4.90 Å². The fraction of sp³-hybridized carbons (Fsp3) is 0.471. The summed E-state index contributed by atoms with van der Waals surface area (Å²) in [6, 6.07) is 9.16. The number of benzene rings is 1. The molecule has 1 fully saturated rings. The maximum Gasteiger partial charge on any atom is 0.417 e. The fourth-order valence-corrected chi connectivity index (χ4v) is 4.32. The van der Waals surface area contributed by atoms with E-state index in [1.807, 2.05) is 44.2 Å². The molecule has 0 saturated carbocycles. The highest BCUT2D eigenvalue weighted by molar-refractivity contribution is 5.96. The van der Waals surface area contributed by atoms with Crippen LogP contribution >= 0.6 is 0 Å². The van der Waals surface area contributed by atoms with Crippen molar-refractivity contribution in [3.8, 4) is 0 Å². The van der Waals surface area contributed by atoms with Gasteiger partial charge in [0.1, 0.15) is 12.2 Å². The van der Waals surface area contributed by atoms with Crippen LogP contribution in [-0.4, -0.2) is 35.7 Å². The standard InChI is InChI=1S/C34H47NO4/c1-4-6-7-8-9-10-11-12-13-14-15-16-17-18-19-20-21-25-28-38-31(5-2)33(36)35-29(3)32(39-34(35)37)30-26-23-22-24-27-30/h6-7,9-10,12-13,15-16,18-19,22-24,26-27,29,31-32H,4-5,8,11,14,17,20-21,25,28H2,1-3H3/t29-,31?,32-/m0/s1. The molecule has 0 spiro atoms. The van der Waals surface area contributed by atoms with Crippen LogP contribution in [0.25, 0.3) is 0 Å². The Bertz CT molecular complexity index is 976. The van der Waals surface area contributed by atoms with Gasteiger partial charge in [0.05, 0.1) is 6.04 Å². The monoisotopic (exact) mass is 533 g/mol.